The van der Waals surface area contributed by atoms with Gasteiger partial charge in [-0.1, -0.05) is 13.8 Å². The highest BCUT2D eigenvalue weighted by molar-refractivity contribution is 7.13. The number of hydrogen-bond acceptors (Lipinski definition) is 5. The molecule has 1 heterocycles. The van der Waals surface area contributed by atoms with E-state index in [2.05, 4.69) is 15.6 Å². The Hall–Kier alpha value is -2.22. The molecule has 0 aliphatic carbocycles. The SMILES string of the molecule is CC(C(=O)O)=C(C)C(=O)NC(=O)Nc1nc(C(C)C)cs1. The van der Waals surface area contributed by atoms with Gasteiger partial charge in [0, 0.05) is 16.5 Å². The normalized spacial score (nSPS) is 11.9. The number of imide groups is 1. The molecule has 0 spiro atoms. The van der Waals surface area contributed by atoms with Crippen LogP contribution in [0.4, 0.5) is 9.93 Å². The first-order chi connectivity index (χ1) is 9.72. The van der Waals surface area contributed by atoms with E-state index in [1.54, 1.807) is 0 Å². The van der Waals surface area contributed by atoms with Crippen LogP contribution in [0.25, 0.3) is 0 Å². The summed E-state index contributed by atoms with van der Waals surface area (Å²) in [6, 6.07) is -0.748. The van der Waals surface area contributed by atoms with Crippen LogP contribution in [0.1, 0.15) is 39.3 Å². The second kappa shape index (κ2) is 6.98. The third kappa shape index (κ3) is 4.67. The van der Waals surface area contributed by atoms with Crippen molar-refractivity contribution in [2.24, 2.45) is 0 Å². The quantitative estimate of drug-likeness (QED) is 0.740. The summed E-state index contributed by atoms with van der Waals surface area (Å²) in [6.45, 7) is 6.59. The van der Waals surface area contributed by atoms with Gasteiger partial charge in [-0.25, -0.2) is 14.6 Å². The van der Waals surface area contributed by atoms with Gasteiger partial charge in [-0.3, -0.25) is 15.4 Å². The van der Waals surface area contributed by atoms with Crippen LogP contribution in [0.3, 0.4) is 0 Å². The van der Waals surface area contributed by atoms with Crippen LogP contribution in [0.2, 0.25) is 0 Å². The van der Waals surface area contributed by atoms with Crippen LogP contribution in [-0.4, -0.2) is 28.0 Å². The number of anilines is 1. The number of thiazole rings is 1. The number of urea groups is 1. The maximum atomic E-state index is 11.7. The molecule has 8 heteroatoms. The Kier molecular flexibility index (Phi) is 5.60. The van der Waals surface area contributed by atoms with Crippen LogP contribution in [0, 0.1) is 0 Å². The highest BCUT2D eigenvalue weighted by atomic mass is 32.1. The van der Waals surface area contributed by atoms with E-state index >= 15 is 0 Å². The summed E-state index contributed by atoms with van der Waals surface area (Å²) in [7, 11) is 0. The first kappa shape index (κ1) is 16.8. The zero-order chi connectivity index (χ0) is 16.2. The van der Waals surface area contributed by atoms with Crippen molar-refractivity contribution >= 4 is 34.4 Å². The Bertz CT molecular complexity index is 604. The summed E-state index contributed by atoms with van der Waals surface area (Å²) >= 11 is 1.25. The summed E-state index contributed by atoms with van der Waals surface area (Å²) in [4.78, 5) is 38.3. The van der Waals surface area contributed by atoms with Crippen LogP contribution in [0.5, 0.6) is 0 Å². The van der Waals surface area contributed by atoms with E-state index in [4.69, 9.17) is 5.11 Å². The fraction of sp³-hybridized carbons (Fsp3) is 0.385. The number of hydrogen-bond donors (Lipinski definition) is 3. The highest BCUT2D eigenvalue weighted by Crippen LogP contribution is 2.21. The molecule has 3 N–H and O–H groups in total. The molecule has 21 heavy (non-hydrogen) atoms. The standard InChI is InChI=1S/C13H17N3O4S/c1-6(2)9-5-21-13(14-9)16-12(20)15-10(17)7(3)8(4)11(18)19/h5-6H,1-4H3,(H,18,19)(H2,14,15,16,17,20). The first-order valence-electron chi connectivity index (χ1n) is 6.21. The second-order valence-corrected chi connectivity index (χ2v) is 5.55. The van der Waals surface area contributed by atoms with Gasteiger partial charge in [-0.2, -0.15) is 0 Å². The number of aliphatic carboxylic acids is 1. The number of carbonyl (C=O) groups is 3. The Morgan fingerprint density at radius 1 is 1.24 bits per heavy atom. The number of nitrogens with zero attached hydrogens (tertiary/aromatic N) is 1. The molecule has 0 unspecified atom stereocenters. The van der Waals surface area contributed by atoms with E-state index in [1.807, 2.05) is 19.2 Å². The molecule has 0 aromatic carbocycles. The largest absolute Gasteiger partial charge is 0.478 e. The summed E-state index contributed by atoms with van der Waals surface area (Å²) in [6.07, 6.45) is 0. The summed E-state index contributed by atoms with van der Waals surface area (Å²) in [5.74, 6) is -1.72. The van der Waals surface area contributed by atoms with Crippen molar-refractivity contribution in [1.82, 2.24) is 10.3 Å². The van der Waals surface area contributed by atoms with E-state index < -0.39 is 17.9 Å². The maximum Gasteiger partial charge on any atom is 0.331 e. The molecule has 0 saturated heterocycles. The molecule has 0 saturated carbocycles. The van der Waals surface area contributed by atoms with Crippen molar-refractivity contribution in [1.29, 1.82) is 0 Å². The van der Waals surface area contributed by atoms with Crippen molar-refractivity contribution < 1.29 is 19.5 Å². The number of nitrogens with one attached hydrogen (secondary N) is 2. The van der Waals surface area contributed by atoms with Gasteiger partial charge in [0.2, 0.25) is 0 Å². The number of carboxylic acid groups (broad SMARTS) is 1. The Balaban J connectivity index is 2.67. The summed E-state index contributed by atoms with van der Waals surface area (Å²) in [5.41, 5.74) is 0.704. The minimum absolute atomic E-state index is 0.0281. The van der Waals surface area contributed by atoms with Crippen molar-refractivity contribution in [2.75, 3.05) is 5.32 Å². The Morgan fingerprint density at radius 3 is 2.33 bits per heavy atom. The smallest absolute Gasteiger partial charge is 0.331 e. The average molecular weight is 311 g/mol. The molecule has 3 amide bonds. The summed E-state index contributed by atoms with van der Waals surface area (Å²) < 4.78 is 0. The predicted octanol–water partition coefficient (Wildman–Crippen LogP) is 2.34. The van der Waals surface area contributed by atoms with Crippen molar-refractivity contribution in [3.05, 3.63) is 22.2 Å². The molecule has 0 bridgehead atoms. The number of carboxylic acids is 1. The lowest BCUT2D eigenvalue weighted by atomic mass is 10.1. The van der Waals surface area contributed by atoms with E-state index in [0.717, 1.165) is 5.69 Å². The molecular formula is C13H17N3O4S. The van der Waals surface area contributed by atoms with Gasteiger partial charge in [0.15, 0.2) is 5.13 Å². The van der Waals surface area contributed by atoms with Crippen LogP contribution < -0.4 is 10.6 Å². The average Bonchev–Trinajstić information content (AvgIpc) is 2.85. The minimum Gasteiger partial charge on any atom is -0.478 e. The van der Waals surface area contributed by atoms with Crippen molar-refractivity contribution in [2.45, 2.75) is 33.6 Å². The zero-order valence-corrected chi connectivity index (χ0v) is 13.0. The lowest BCUT2D eigenvalue weighted by Crippen LogP contribution is -2.35. The second-order valence-electron chi connectivity index (χ2n) is 4.70. The lowest BCUT2D eigenvalue weighted by molar-refractivity contribution is -0.133. The number of rotatable bonds is 4. The molecule has 0 radical (unpaired) electrons. The third-order valence-electron chi connectivity index (χ3n) is 2.78. The topological polar surface area (TPSA) is 108 Å². The van der Waals surface area contributed by atoms with Crippen LogP contribution in [0.15, 0.2) is 16.5 Å². The van der Waals surface area contributed by atoms with Crippen molar-refractivity contribution in [3.8, 4) is 0 Å². The molecule has 0 atom stereocenters. The fourth-order valence-corrected chi connectivity index (χ4v) is 2.13. The molecule has 0 fully saturated rings. The van der Waals surface area contributed by atoms with E-state index in [9.17, 15) is 14.4 Å². The van der Waals surface area contributed by atoms with Gasteiger partial charge >= 0.3 is 12.0 Å². The molecule has 1 aromatic rings. The molecule has 7 nitrogen and oxygen atoms in total. The van der Waals surface area contributed by atoms with Gasteiger partial charge < -0.3 is 5.11 Å². The zero-order valence-electron chi connectivity index (χ0n) is 12.2. The minimum atomic E-state index is -1.20. The molecule has 0 aliphatic rings. The molecule has 114 valence electrons. The van der Waals surface area contributed by atoms with Gasteiger partial charge in [0.25, 0.3) is 5.91 Å². The third-order valence-corrected chi connectivity index (χ3v) is 3.56. The van der Waals surface area contributed by atoms with Gasteiger partial charge in [-0.15, -0.1) is 11.3 Å². The molecule has 1 rings (SSSR count). The van der Waals surface area contributed by atoms with Crippen LogP contribution in [-0.2, 0) is 9.59 Å². The fourth-order valence-electron chi connectivity index (χ4n) is 1.26. The lowest BCUT2D eigenvalue weighted by Gasteiger charge is -2.06. The van der Waals surface area contributed by atoms with Gasteiger partial charge in [0.05, 0.1) is 5.69 Å². The van der Waals surface area contributed by atoms with Gasteiger partial charge in [-0.05, 0) is 19.8 Å². The van der Waals surface area contributed by atoms with E-state index in [-0.39, 0.29) is 17.1 Å². The number of aromatic nitrogens is 1. The Morgan fingerprint density at radius 2 is 1.86 bits per heavy atom. The number of carbonyl (C=O) groups excluding carboxylic acids is 2. The maximum absolute atomic E-state index is 11.7. The Labute approximate surface area is 126 Å². The molecular weight excluding hydrogens is 294 g/mol. The molecule has 0 aliphatic heterocycles. The van der Waals surface area contributed by atoms with E-state index in [1.165, 1.54) is 25.2 Å². The first-order valence-corrected chi connectivity index (χ1v) is 7.08. The number of amides is 3. The monoisotopic (exact) mass is 311 g/mol. The molecule has 1 aromatic heterocycles. The van der Waals surface area contributed by atoms with Crippen LogP contribution >= 0.6 is 11.3 Å². The van der Waals surface area contributed by atoms with Gasteiger partial charge in [0.1, 0.15) is 0 Å². The van der Waals surface area contributed by atoms with E-state index in [0.29, 0.717) is 5.13 Å². The predicted molar refractivity (Wildman–Crippen MR) is 79.4 cm³/mol. The van der Waals surface area contributed by atoms with Crippen molar-refractivity contribution in [3.63, 3.8) is 0 Å². The summed E-state index contributed by atoms with van der Waals surface area (Å²) in [5, 5.41) is 15.5. The highest BCUT2D eigenvalue weighted by Gasteiger charge is 2.16.